The van der Waals surface area contributed by atoms with Gasteiger partial charge in [0.15, 0.2) is 0 Å². The van der Waals surface area contributed by atoms with Crippen LogP contribution in [0.2, 0.25) is 0 Å². The quantitative estimate of drug-likeness (QED) is 0.826. The zero-order chi connectivity index (χ0) is 12.4. The lowest BCUT2D eigenvalue weighted by molar-refractivity contribution is 1.02. The van der Waals surface area contributed by atoms with E-state index in [-0.39, 0.29) is 5.56 Å². The Bertz CT molecular complexity index is 602. The number of nitrogens with two attached hydrogens (primary N) is 1. The molecule has 0 bridgehead atoms. The first-order valence-electron chi connectivity index (χ1n) is 5.58. The summed E-state index contributed by atoms with van der Waals surface area (Å²) < 4.78 is 0. The molecule has 88 valence electrons. The Morgan fingerprint density at radius 2 is 2.06 bits per heavy atom. The summed E-state index contributed by atoms with van der Waals surface area (Å²) in [5, 5.41) is 0. The van der Waals surface area contributed by atoms with Gasteiger partial charge < -0.3 is 10.7 Å². The minimum absolute atomic E-state index is 0.154. The SMILES string of the molecule is CCc1c(N)nc(-c2ccccc2C)[nH]c1=O. The molecule has 0 atom stereocenters. The van der Waals surface area contributed by atoms with Crippen LogP contribution in [0.5, 0.6) is 0 Å². The Labute approximate surface area is 99.5 Å². The van der Waals surface area contributed by atoms with Gasteiger partial charge in [0.1, 0.15) is 11.6 Å². The van der Waals surface area contributed by atoms with Gasteiger partial charge in [-0.1, -0.05) is 31.2 Å². The average Bonchev–Trinajstić information content (AvgIpc) is 2.29. The second kappa shape index (κ2) is 4.41. The number of hydrogen-bond acceptors (Lipinski definition) is 3. The number of nitrogen functional groups attached to an aromatic ring is 1. The smallest absolute Gasteiger partial charge is 0.256 e. The molecule has 0 saturated heterocycles. The summed E-state index contributed by atoms with van der Waals surface area (Å²) in [5.41, 5.74) is 8.14. The first-order chi connectivity index (χ1) is 8.13. The average molecular weight is 229 g/mol. The van der Waals surface area contributed by atoms with Gasteiger partial charge in [-0.15, -0.1) is 0 Å². The van der Waals surface area contributed by atoms with Gasteiger partial charge in [-0.3, -0.25) is 4.79 Å². The van der Waals surface area contributed by atoms with Gasteiger partial charge in [0, 0.05) is 5.56 Å². The molecule has 0 amide bonds. The summed E-state index contributed by atoms with van der Waals surface area (Å²) in [6.45, 7) is 3.86. The normalized spacial score (nSPS) is 10.5. The lowest BCUT2D eigenvalue weighted by Gasteiger charge is -2.07. The minimum atomic E-state index is -0.154. The van der Waals surface area contributed by atoms with Crippen molar-refractivity contribution in [1.29, 1.82) is 0 Å². The lowest BCUT2D eigenvalue weighted by Crippen LogP contribution is -2.17. The third-order valence-corrected chi connectivity index (χ3v) is 2.80. The predicted molar refractivity (Wildman–Crippen MR) is 68.8 cm³/mol. The number of benzene rings is 1. The summed E-state index contributed by atoms with van der Waals surface area (Å²) in [5.74, 6) is 0.845. The fourth-order valence-electron chi connectivity index (χ4n) is 1.82. The molecule has 0 spiro atoms. The topological polar surface area (TPSA) is 71.8 Å². The van der Waals surface area contributed by atoms with Crippen molar-refractivity contribution in [3.63, 3.8) is 0 Å². The van der Waals surface area contributed by atoms with Crippen molar-refractivity contribution >= 4 is 5.82 Å². The van der Waals surface area contributed by atoms with Crippen molar-refractivity contribution in [3.05, 3.63) is 45.7 Å². The highest BCUT2D eigenvalue weighted by molar-refractivity contribution is 5.61. The molecule has 0 aliphatic carbocycles. The standard InChI is InChI=1S/C13H15N3O/c1-3-9-11(14)15-12(16-13(9)17)10-7-5-4-6-8(10)2/h4-7H,3H2,1-2H3,(H3,14,15,16,17). The first kappa shape index (κ1) is 11.4. The molecule has 0 radical (unpaired) electrons. The van der Waals surface area contributed by atoms with Crippen LogP contribution in [0, 0.1) is 6.92 Å². The summed E-state index contributed by atoms with van der Waals surface area (Å²) in [6.07, 6.45) is 0.586. The second-order valence-corrected chi connectivity index (χ2v) is 3.95. The molecule has 1 aromatic carbocycles. The number of rotatable bonds is 2. The molecular weight excluding hydrogens is 214 g/mol. The molecule has 1 heterocycles. The molecule has 2 aromatic rings. The summed E-state index contributed by atoms with van der Waals surface area (Å²) in [6, 6.07) is 7.74. The van der Waals surface area contributed by atoms with Crippen molar-refractivity contribution in [2.24, 2.45) is 0 Å². The van der Waals surface area contributed by atoms with E-state index in [0.717, 1.165) is 11.1 Å². The molecule has 0 unspecified atom stereocenters. The molecule has 3 N–H and O–H groups in total. The van der Waals surface area contributed by atoms with E-state index in [0.29, 0.717) is 23.6 Å². The molecular formula is C13H15N3O. The van der Waals surface area contributed by atoms with Crippen LogP contribution in [0.15, 0.2) is 29.1 Å². The maximum atomic E-state index is 11.8. The number of nitrogens with one attached hydrogen (secondary N) is 1. The minimum Gasteiger partial charge on any atom is -0.383 e. The van der Waals surface area contributed by atoms with Crippen LogP contribution in [0.4, 0.5) is 5.82 Å². The lowest BCUT2D eigenvalue weighted by atomic mass is 10.1. The van der Waals surface area contributed by atoms with E-state index in [4.69, 9.17) is 5.73 Å². The number of anilines is 1. The van der Waals surface area contributed by atoms with Crippen molar-refractivity contribution in [2.45, 2.75) is 20.3 Å². The second-order valence-electron chi connectivity index (χ2n) is 3.95. The van der Waals surface area contributed by atoms with E-state index >= 15 is 0 Å². The zero-order valence-electron chi connectivity index (χ0n) is 9.95. The monoisotopic (exact) mass is 229 g/mol. The van der Waals surface area contributed by atoms with Crippen LogP contribution in [-0.4, -0.2) is 9.97 Å². The Morgan fingerprint density at radius 3 is 2.65 bits per heavy atom. The van der Waals surface area contributed by atoms with Gasteiger partial charge in [-0.2, -0.15) is 0 Å². The summed E-state index contributed by atoms with van der Waals surface area (Å²) >= 11 is 0. The fourth-order valence-corrected chi connectivity index (χ4v) is 1.82. The van der Waals surface area contributed by atoms with Crippen LogP contribution in [0.3, 0.4) is 0 Å². The number of aromatic nitrogens is 2. The van der Waals surface area contributed by atoms with Crippen LogP contribution in [0.25, 0.3) is 11.4 Å². The molecule has 4 heteroatoms. The number of aromatic amines is 1. The maximum absolute atomic E-state index is 11.8. The summed E-state index contributed by atoms with van der Waals surface area (Å²) in [7, 11) is 0. The van der Waals surface area contributed by atoms with Gasteiger partial charge in [0.05, 0.1) is 5.56 Å². The fraction of sp³-hybridized carbons (Fsp3) is 0.231. The number of H-pyrrole nitrogens is 1. The van der Waals surface area contributed by atoms with Crippen molar-refractivity contribution in [2.75, 3.05) is 5.73 Å². The Kier molecular flexibility index (Phi) is 2.95. The Morgan fingerprint density at radius 1 is 1.35 bits per heavy atom. The van der Waals surface area contributed by atoms with E-state index in [1.54, 1.807) is 0 Å². The van der Waals surface area contributed by atoms with E-state index < -0.39 is 0 Å². The third-order valence-electron chi connectivity index (χ3n) is 2.80. The van der Waals surface area contributed by atoms with Crippen LogP contribution >= 0.6 is 0 Å². The first-order valence-corrected chi connectivity index (χ1v) is 5.58. The number of aryl methyl sites for hydroxylation is 1. The van der Waals surface area contributed by atoms with E-state index in [9.17, 15) is 4.79 Å². The van der Waals surface area contributed by atoms with Crippen molar-refractivity contribution in [1.82, 2.24) is 9.97 Å². The number of hydrogen-bond donors (Lipinski definition) is 2. The van der Waals surface area contributed by atoms with Crippen LogP contribution in [-0.2, 0) is 6.42 Å². The molecule has 4 nitrogen and oxygen atoms in total. The highest BCUT2D eigenvalue weighted by Crippen LogP contribution is 2.19. The molecule has 0 aliphatic rings. The molecule has 0 saturated carbocycles. The van der Waals surface area contributed by atoms with Gasteiger partial charge in [-0.25, -0.2) is 4.98 Å². The van der Waals surface area contributed by atoms with Crippen LogP contribution in [0.1, 0.15) is 18.1 Å². The Balaban J connectivity index is 2.63. The zero-order valence-corrected chi connectivity index (χ0v) is 9.95. The molecule has 17 heavy (non-hydrogen) atoms. The van der Waals surface area contributed by atoms with E-state index in [1.807, 2.05) is 38.1 Å². The van der Waals surface area contributed by atoms with Crippen molar-refractivity contribution < 1.29 is 0 Å². The predicted octanol–water partition coefficient (Wildman–Crippen LogP) is 1.89. The highest BCUT2D eigenvalue weighted by atomic mass is 16.1. The van der Waals surface area contributed by atoms with Crippen LogP contribution < -0.4 is 11.3 Å². The van der Waals surface area contributed by atoms with Gasteiger partial charge in [0.2, 0.25) is 0 Å². The molecule has 0 fully saturated rings. The van der Waals surface area contributed by atoms with Gasteiger partial charge in [-0.05, 0) is 18.9 Å². The van der Waals surface area contributed by atoms with Gasteiger partial charge >= 0.3 is 0 Å². The van der Waals surface area contributed by atoms with E-state index in [1.165, 1.54) is 0 Å². The highest BCUT2D eigenvalue weighted by Gasteiger charge is 2.09. The molecule has 2 rings (SSSR count). The molecule has 0 aliphatic heterocycles. The Hall–Kier alpha value is -2.10. The summed E-state index contributed by atoms with van der Waals surface area (Å²) in [4.78, 5) is 18.8. The van der Waals surface area contributed by atoms with Gasteiger partial charge in [0.25, 0.3) is 5.56 Å². The largest absolute Gasteiger partial charge is 0.383 e. The maximum Gasteiger partial charge on any atom is 0.256 e. The number of nitrogens with zero attached hydrogens (tertiary/aromatic N) is 1. The third kappa shape index (κ3) is 2.06. The van der Waals surface area contributed by atoms with Crippen molar-refractivity contribution in [3.8, 4) is 11.4 Å². The molecule has 1 aromatic heterocycles. The van der Waals surface area contributed by atoms with E-state index in [2.05, 4.69) is 9.97 Å².